The van der Waals surface area contributed by atoms with E-state index in [0.717, 1.165) is 6.54 Å². The van der Waals surface area contributed by atoms with Crippen molar-refractivity contribution >= 4 is 10.8 Å². The van der Waals surface area contributed by atoms with Crippen LogP contribution in [-0.4, -0.2) is 29.2 Å². The molecule has 0 aromatic heterocycles. The van der Waals surface area contributed by atoms with Crippen molar-refractivity contribution in [2.75, 3.05) is 13.2 Å². The molecular formula is C26H31NO. The molecule has 2 heteroatoms. The maximum Gasteiger partial charge on any atom is 0.0558 e. The van der Waals surface area contributed by atoms with Gasteiger partial charge in [0.15, 0.2) is 0 Å². The molecule has 1 aliphatic rings. The fraction of sp³-hybridized carbons (Fsp3) is 0.385. The molecule has 3 atom stereocenters. The van der Waals surface area contributed by atoms with Gasteiger partial charge in [-0.1, -0.05) is 79.2 Å². The van der Waals surface area contributed by atoms with Crippen LogP contribution in [0, 0.1) is 0 Å². The molecule has 4 rings (SSSR count). The van der Waals surface area contributed by atoms with Gasteiger partial charge in [0.05, 0.1) is 6.61 Å². The molecule has 3 aromatic rings. The fourth-order valence-corrected chi connectivity index (χ4v) is 5.09. The Morgan fingerprint density at radius 1 is 0.929 bits per heavy atom. The van der Waals surface area contributed by atoms with E-state index in [1.807, 2.05) is 0 Å². The fourth-order valence-electron chi connectivity index (χ4n) is 5.09. The van der Waals surface area contributed by atoms with E-state index >= 15 is 0 Å². The van der Waals surface area contributed by atoms with Crippen LogP contribution in [-0.2, 0) is 0 Å². The largest absolute Gasteiger partial charge is 0.395 e. The maximum atomic E-state index is 9.82. The molecule has 1 fully saturated rings. The summed E-state index contributed by atoms with van der Waals surface area (Å²) in [5, 5.41) is 12.4. The first-order valence-corrected chi connectivity index (χ1v) is 10.7. The van der Waals surface area contributed by atoms with Crippen LogP contribution in [0.1, 0.15) is 55.7 Å². The third kappa shape index (κ3) is 3.99. The molecule has 2 nitrogen and oxygen atoms in total. The number of benzene rings is 3. The first kappa shape index (κ1) is 19.2. The minimum absolute atomic E-state index is 0.210. The zero-order valence-electron chi connectivity index (χ0n) is 16.8. The lowest BCUT2D eigenvalue weighted by Gasteiger charge is -2.41. The lowest BCUT2D eigenvalue weighted by Crippen LogP contribution is -2.41. The summed E-state index contributed by atoms with van der Waals surface area (Å²) in [4.78, 5) is 2.55. The van der Waals surface area contributed by atoms with Crippen LogP contribution >= 0.6 is 0 Å². The molecule has 1 aliphatic carbocycles. The van der Waals surface area contributed by atoms with Gasteiger partial charge in [-0.3, -0.25) is 4.90 Å². The van der Waals surface area contributed by atoms with Crippen LogP contribution in [0.3, 0.4) is 0 Å². The molecule has 1 N–H and O–H groups in total. The van der Waals surface area contributed by atoms with Crippen molar-refractivity contribution in [2.24, 2.45) is 0 Å². The molecule has 0 radical (unpaired) electrons. The van der Waals surface area contributed by atoms with Crippen LogP contribution in [0.2, 0.25) is 0 Å². The predicted octanol–water partition coefficient (Wildman–Crippen LogP) is 5.92. The van der Waals surface area contributed by atoms with Crippen LogP contribution in [0.5, 0.6) is 0 Å². The van der Waals surface area contributed by atoms with Crippen molar-refractivity contribution in [2.45, 2.75) is 50.6 Å². The van der Waals surface area contributed by atoms with Crippen LogP contribution in [0.25, 0.3) is 10.8 Å². The normalized spacial score (nSPS) is 21.1. The summed E-state index contributed by atoms with van der Waals surface area (Å²) in [5.41, 5.74) is 2.84. The van der Waals surface area contributed by atoms with E-state index in [1.54, 1.807) is 0 Å². The van der Waals surface area contributed by atoms with E-state index in [2.05, 4.69) is 84.6 Å². The molecule has 1 saturated carbocycles. The average molecular weight is 374 g/mol. The summed E-state index contributed by atoms with van der Waals surface area (Å²) in [6.45, 7) is 3.25. The van der Waals surface area contributed by atoms with Gasteiger partial charge in [-0.15, -0.1) is 0 Å². The molecule has 0 spiro atoms. The van der Waals surface area contributed by atoms with Gasteiger partial charge in [0.25, 0.3) is 0 Å². The van der Waals surface area contributed by atoms with Gasteiger partial charge >= 0.3 is 0 Å². The second kappa shape index (κ2) is 8.89. The number of hydrogen-bond acceptors (Lipinski definition) is 2. The highest BCUT2D eigenvalue weighted by molar-refractivity contribution is 5.86. The Balaban J connectivity index is 1.61. The maximum absolute atomic E-state index is 9.82. The van der Waals surface area contributed by atoms with Crippen molar-refractivity contribution < 1.29 is 5.11 Å². The van der Waals surface area contributed by atoms with Crippen molar-refractivity contribution in [3.8, 4) is 0 Å². The monoisotopic (exact) mass is 373 g/mol. The zero-order chi connectivity index (χ0) is 19.3. The highest BCUT2D eigenvalue weighted by Crippen LogP contribution is 2.38. The third-order valence-corrected chi connectivity index (χ3v) is 6.52. The molecule has 0 aliphatic heterocycles. The second-order valence-corrected chi connectivity index (χ2v) is 8.13. The average Bonchev–Trinajstić information content (AvgIpc) is 2.77. The van der Waals surface area contributed by atoms with Gasteiger partial charge in [0.1, 0.15) is 0 Å². The van der Waals surface area contributed by atoms with Gasteiger partial charge < -0.3 is 5.11 Å². The SMILES string of the molecule is C[C@H](c1cccc2ccccc12)N(CCO)C1CCCC(c2ccccc2)C1. The highest BCUT2D eigenvalue weighted by Gasteiger charge is 2.30. The molecule has 2 unspecified atom stereocenters. The second-order valence-electron chi connectivity index (χ2n) is 8.13. The molecule has 0 bridgehead atoms. The molecule has 3 aromatic carbocycles. The Morgan fingerprint density at radius 3 is 2.50 bits per heavy atom. The van der Waals surface area contributed by atoms with Gasteiger partial charge in [0.2, 0.25) is 0 Å². The Labute approximate surface area is 168 Å². The summed E-state index contributed by atoms with van der Waals surface area (Å²) in [5.74, 6) is 0.626. The van der Waals surface area contributed by atoms with Gasteiger partial charge in [-0.05, 0) is 54.0 Å². The minimum atomic E-state index is 0.210. The van der Waals surface area contributed by atoms with E-state index in [0.29, 0.717) is 12.0 Å². The number of rotatable bonds is 6. The van der Waals surface area contributed by atoms with Crippen molar-refractivity contribution in [1.82, 2.24) is 4.90 Å². The van der Waals surface area contributed by atoms with Gasteiger partial charge in [-0.2, -0.15) is 0 Å². The van der Waals surface area contributed by atoms with E-state index in [9.17, 15) is 5.11 Å². The van der Waals surface area contributed by atoms with Crippen molar-refractivity contribution in [1.29, 1.82) is 0 Å². The Kier molecular flexibility index (Phi) is 6.09. The lowest BCUT2D eigenvalue weighted by molar-refractivity contribution is 0.0824. The molecule has 28 heavy (non-hydrogen) atoms. The summed E-state index contributed by atoms with van der Waals surface area (Å²) in [6, 6.07) is 27.0. The first-order chi connectivity index (χ1) is 13.8. The van der Waals surface area contributed by atoms with E-state index in [1.165, 1.54) is 47.6 Å². The quantitative estimate of drug-likeness (QED) is 0.579. The summed E-state index contributed by atoms with van der Waals surface area (Å²) in [6.07, 6.45) is 4.93. The molecule has 0 heterocycles. The molecule has 0 amide bonds. The molecule has 146 valence electrons. The number of hydrogen-bond donors (Lipinski definition) is 1. The van der Waals surface area contributed by atoms with Crippen LogP contribution in [0.4, 0.5) is 0 Å². The summed E-state index contributed by atoms with van der Waals surface area (Å²) >= 11 is 0. The molecular weight excluding hydrogens is 342 g/mol. The minimum Gasteiger partial charge on any atom is -0.395 e. The van der Waals surface area contributed by atoms with Gasteiger partial charge in [-0.25, -0.2) is 0 Å². The Bertz CT molecular complexity index is 886. The predicted molar refractivity (Wildman–Crippen MR) is 118 cm³/mol. The van der Waals surface area contributed by atoms with E-state index in [-0.39, 0.29) is 12.6 Å². The summed E-state index contributed by atoms with van der Waals surface area (Å²) in [7, 11) is 0. The Morgan fingerprint density at radius 2 is 1.68 bits per heavy atom. The number of aliphatic hydroxyl groups is 1. The van der Waals surface area contributed by atoms with Gasteiger partial charge in [0, 0.05) is 18.6 Å². The van der Waals surface area contributed by atoms with E-state index < -0.39 is 0 Å². The molecule has 0 saturated heterocycles. The first-order valence-electron chi connectivity index (χ1n) is 10.7. The van der Waals surface area contributed by atoms with Crippen molar-refractivity contribution in [3.63, 3.8) is 0 Å². The zero-order valence-corrected chi connectivity index (χ0v) is 16.8. The number of fused-ring (bicyclic) bond motifs is 1. The van der Waals surface area contributed by atoms with Crippen LogP contribution in [0.15, 0.2) is 72.8 Å². The highest BCUT2D eigenvalue weighted by atomic mass is 16.3. The number of aliphatic hydroxyl groups excluding tert-OH is 1. The number of nitrogens with zero attached hydrogens (tertiary/aromatic N) is 1. The van der Waals surface area contributed by atoms with E-state index in [4.69, 9.17) is 0 Å². The lowest BCUT2D eigenvalue weighted by atomic mass is 9.80. The topological polar surface area (TPSA) is 23.5 Å². The standard InChI is InChI=1S/C26H31NO/c1-20(25-16-8-12-22-11-5-6-15-26(22)25)27(17-18-28)24-14-7-13-23(19-24)21-9-3-2-4-10-21/h2-6,8-12,15-16,20,23-24,28H,7,13-14,17-19H2,1H3/t20-,23?,24?/m1/s1. The third-order valence-electron chi connectivity index (χ3n) is 6.52. The summed E-state index contributed by atoms with van der Waals surface area (Å²) < 4.78 is 0. The smallest absolute Gasteiger partial charge is 0.0558 e. The van der Waals surface area contributed by atoms with Crippen LogP contribution < -0.4 is 0 Å². The Hall–Kier alpha value is -2.16. The van der Waals surface area contributed by atoms with Crippen molar-refractivity contribution in [3.05, 3.63) is 83.9 Å².